The van der Waals surface area contributed by atoms with E-state index in [4.69, 9.17) is 0 Å². The Morgan fingerprint density at radius 1 is 1.18 bits per heavy atom. The molecule has 0 amide bonds. The van der Waals surface area contributed by atoms with Crippen molar-refractivity contribution in [2.45, 2.75) is 39.8 Å². The molecule has 0 bridgehead atoms. The fraction of sp³-hybridized carbons (Fsp3) is 0.643. The average molecular weight is 235 g/mol. The minimum absolute atomic E-state index is 0.874. The maximum absolute atomic E-state index is 4.66. The summed E-state index contributed by atoms with van der Waals surface area (Å²) in [5.74, 6) is 0. The van der Waals surface area contributed by atoms with Gasteiger partial charge < -0.3 is 10.2 Å². The zero-order valence-corrected chi connectivity index (χ0v) is 11.4. The predicted molar refractivity (Wildman–Crippen MR) is 72.9 cm³/mol. The van der Waals surface area contributed by atoms with Gasteiger partial charge >= 0.3 is 0 Å². The highest BCUT2D eigenvalue weighted by Gasteiger charge is 2.01. The number of nitrogens with one attached hydrogen (secondary N) is 1. The Morgan fingerprint density at radius 2 is 1.94 bits per heavy atom. The van der Waals surface area contributed by atoms with E-state index in [1.165, 1.54) is 12.8 Å². The van der Waals surface area contributed by atoms with Crippen molar-refractivity contribution in [1.82, 2.24) is 15.2 Å². The number of nitrogens with zero attached hydrogens (tertiary/aromatic N) is 2. The third-order valence-corrected chi connectivity index (χ3v) is 2.63. The van der Waals surface area contributed by atoms with Gasteiger partial charge in [0.05, 0.1) is 11.4 Å². The first-order valence-electron chi connectivity index (χ1n) is 6.60. The van der Waals surface area contributed by atoms with Crippen LogP contribution >= 0.6 is 0 Å². The molecule has 0 fully saturated rings. The van der Waals surface area contributed by atoms with Crippen molar-refractivity contribution in [2.75, 3.05) is 20.1 Å². The first-order valence-corrected chi connectivity index (χ1v) is 6.60. The van der Waals surface area contributed by atoms with Crippen molar-refractivity contribution in [3.05, 3.63) is 29.6 Å². The van der Waals surface area contributed by atoms with Crippen LogP contribution in [0.5, 0.6) is 0 Å². The van der Waals surface area contributed by atoms with E-state index in [0.29, 0.717) is 0 Å². The third kappa shape index (κ3) is 5.80. The molecule has 1 aromatic heterocycles. The monoisotopic (exact) mass is 235 g/mol. The number of hydrogen-bond donors (Lipinski definition) is 1. The van der Waals surface area contributed by atoms with Crippen molar-refractivity contribution in [2.24, 2.45) is 0 Å². The van der Waals surface area contributed by atoms with Crippen molar-refractivity contribution >= 4 is 0 Å². The second kappa shape index (κ2) is 8.20. The van der Waals surface area contributed by atoms with E-state index in [-0.39, 0.29) is 0 Å². The molecule has 0 spiro atoms. The third-order valence-electron chi connectivity index (χ3n) is 2.63. The van der Waals surface area contributed by atoms with Gasteiger partial charge in [0.1, 0.15) is 0 Å². The van der Waals surface area contributed by atoms with Crippen LogP contribution in [-0.4, -0.2) is 30.0 Å². The normalized spacial score (nSPS) is 11.1. The molecule has 0 aliphatic rings. The summed E-state index contributed by atoms with van der Waals surface area (Å²) >= 11 is 0. The van der Waals surface area contributed by atoms with E-state index in [1.807, 2.05) is 0 Å². The molecular formula is C14H25N3. The van der Waals surface area contributed by atoms with E-state index in [2.05, 4.69) is 54.3 Å². The molecule has 0 aliphatic carbocycles. The highest BCUT2D eigenvalue weighted by atomic mass is 15.1. The van der Waals surface area contributed by atoms with Crippen LogP contribution in [0.15, 0.2) is 18.2 Å². The van der Waals surface area contributed by atoms with Gasteiger partial charge in [0, 0.05) is 13.1 Å². The van der Waals surface area contributed by atoms with E-state index in [0.717, 1.165) is 37.6 Å². The summed E-state index contributed by atoms with van der Waals surface area (Å²) in [6.07, 6.45) is 2.35. The smallest absolute Gasteiger partial charge is 0.0547 e. The van der Waals surface area contributed by atoms with Crippen LogP contribution in [0, 0.1) is 0 Å². The topological polar surface area (TPSA) is 28.2 Å². The fourth-order valence-corrected chi connectivity index (χ4v) is 1.85. The van der Waals surface area contributed by atoms with Crippen LogP contribution in [-0.2, 0) is 13.1 Å². The minimum Gasteiger partial charge on any atom is -0.311 e. The summed E-state index contributed by atoms with van der Waals surface area (Å²) in [5.41, 5.74) is 2.30. The van der Waals surface area contributed by atoms with Gasteiger partial charge in [-0.05, 0) is 45.1 Å². The number of aromatic nitrogens is 1. The first kappa shape index (κ1) is 14.1. The van der Waals surface area contributed by atoms with E-state index in [9.17, 15) is 0 Å². The maximum Gasteiger partial charge on any atom is 0.0547 e. The Balaban J connectivity index is 2.47. The molecule has 3 heteroatoms. The van der Waals surface area contributed by atoms with Crippen molar-refractivity contribution < 1.29 is 0 Å². The fourth-order valence-electron chi connectivity index (χ4n) is 1.85. The lowest BCUT2D eigenvalue weighted by molar-refractivity contribution is 0.323. The second-order valence-electron chi connectivity index (χ2n) is 4.53. The number of hydrogen-bond acceptors (Lipinski definition) is 3. The Kier molecular flexibility index (Phi) is 6.82. The Morgan fingerprint density at radius 3 is 2.65 bits per heavy atom. The quantitative estimate of drug-likeness (QED) is 0.701. The largest absolute Gasteiger partial charge is 0.311 e. The molecule has 1 heterocycles. The molecule has 0 saturated heterocycles. The van der Waals surface area contributed by atoms with Crippen molar-refractivity contribution in [3.63, 3.8) is 0 Å². The average Bonchev–Trinajstić information content (AvgIpc) is 2.30. The van der Waals surface area contributed by atoms with Gasteiger partial charge in [-0.15, -0.1) is 0 Å². The second-order valence-corrected chi connectivity index (χ2v) is 4.53. The molecule has 0 saturated carbocycles. The van der Waals surface area contributed by atoms with Crippen LogP contribution in [0.2, 0.25) is 0 Å². The Labute approximate surface area is 105 Å². The predicted octanol–water partition coefficient (Wildman–Crippen LogP) is 2.42. The molecule has 0 aliphatic heterocycles. The molecule has 0 unspecified atom stereocenters. The van der Waals surface area contributed by atoms with E-state index < -0.39 is 0 Å². The molecule has 96 valence electrons. The van der Waals surface area contributed by atoms with Gasteiger partial charge in [0.2, 0.25) is 0 Å². The Bertz CT molecular complexity index is 312. The summed E-state index contributed by atoms with van der Waals surface area (Å²) < 4.78 is 0. The van der Waals surface area contributed by atoms with Crippen LogP contribution in [0.3, 0.4) is 0 Å². The van der Waals surface area contributed by atoms with Crippen LogP contribution in [0.4, 0.5) is 0 Å². The summed E-state index contributed by atoms with van der Waals surface area (Å²) in [7, 11) is 2.15. The molecule has 3 nitrogen and oxygen atoms in total. The first-order chi connectivity index (χ1) is 8.26. The molecule has 1 N–H and O–H groups in total. The molecular weight excluding hydrogens is 210 g/mol. The summed E-state index contributed by atoms with van der Waals surface area (Å²) in [6.45, 7) is 8.38. The van der Waals surface area contributed by atoms with Gasteiger partial charge in [0.15, 0.2) is 0 Å². The highest BCUT2D eigenvalue weighted by Crippen LogP contribution is 2.03. The summed E-state index contributed by atoms with van der Waals surface area (Å²) in [5, 5.41) is 3.38. The van der Waals surface area contributed by atoms with Gasteiger partial charge in [-0.1, -0.05) is 19.9 Å². The maximum atomic E-state index is 4.66. The standard InChI is InChI=1S/C14H25N3/c1-4-9-15-11-13-7-6-8-14(16-13)12-17(3)10-5-2/h6-8,15H,4-5,9-12H2,1-3H3. The van der Waals surface area contributed by atoms with Crippen LogP contribution in [0.25, 0.3) is 0 Å². The Hall–Kier alpha value is -0.930. The van der Waals surface area contributed by atoms with Crippen LogP contribution < -0.4 is 5.32 Å². The highest BCUT2D eigenvalue weighted by molar-refractivity contribution is 5.11. The summed E-state index contributed by atoms with van der Waals surface area (Å²) in [6, 6.07) is 6.30. The van der Waals surface area contributed by atoms with Gasteiger partial charge in [-0.2, -0.15) is 0 Å². The number of pyridine rings is 1. The lowest BCUT2D eigenvalue weighted by Gasteiger charge is -2.15. The molecule has 0 aromatic carbocycles. The molecule has 0 radical (unpaired) electrons. The molecule has 1 rings (SSSR count). The van der Waals surface area contributed by atoms with Gasteiger partial charge in [-0.3, -0.25) is 4.98 Å². The zero-order chi connectivity index (χ0) is 12.5. The lowest BCUT2D eigenvalue weighted by atomic mass is 10.2. The number of rotatable bonds is 8. The van der Waals surface area contributed by atoms with Gasteiger partial charge in [0.25, 0.3) is 0 Å². The lowest BCUT2D eigenvalue weighted by Crippen LogP contribution is -2.20. The van der Waals surface area contributed by atoms with E-state index >= 15 is 0 Å². The molecule has 17 heavy (non-hydrogen) atoms. The summed E-state index contributed by atoms with van der Waals surface area (Å²) in [4.78, 5) is 6.97. The van der Waals surface area contributed by atoms with Crippen molar-refractivity contribution in [3.8, 4) is 0 Å². The minimum atomic E-state index is 0.874. The molecule has 0 atom stereocenters. The SMILES string of the molecule is CCCNCc1cccc(CN(C)CCC)n1. The van der Waals surface area contributed by atoms with Gasteiger partial charge in [-0.25, -0.2) is 0 Å². The van der Waals surface area contributed by atoms with E-state index in [1.54, 1.807) is 0 Å². The zero-order valence-electron chi connectivity index (χ0n) is 11.4. The van der Waals surface area contributed by atoms with Crippen LogP contribution in [0.1, 0.15) is 38.1 Å². The molecule has 1 aromatic rings. The van der Waals surface area contributed by atoms with Crippen molar-refractivity contribution in [1.29, 1.82) is 0 Å².